The predicted molar refractivity (Wildman–Crippen MR) is 115 cm³/mol. The van der Waals surface area contributed by atoms with Crippen molar-refractivity contribution in [3.63, 3.8) is 0 Å². The molecule has 0 bridgehead atoms. The first kappa shape index (κ1) is 23.1. The molecular formula is C19H33N4O3S2+. The minimum absolute atomic E-state index is 0.268. The third-order valence-electron chi connectivity index (χ3n) is 5.23. The van der Waals surface area contributed by atoms with Gasteiger partial charge in [-0.3, -0.25) is 9.28 Å². The van der Waals surface area contributed by atoms with Crippen LogP contribution in [0.4, 0.5) is 0 Å². The second-order valence-corrected chi connectivity index (χ2v) is 8.43. The standard InChI is InChI=1S/C19H32N4O3S2/c1-4-5-6-7-11-25-18-17(21-28-22-18)15-9-8-10-23(3,12-15)14(2)26-19(24)16(20)13-27/h9,14,16H,4-8,10-13,20H2,1-3H3/p+1/t14?,16-,23?/m0/s1. The van der Waals surface area contributed by atoms with E-state index in [2.05, 4.69) is 41.4 Å². The van der Waals surface area contributed by atoms with Gasteiger partial charge in [0.05, 0.1) is 31.9 Å². The van der Waals surface area contributed by atoms with Gasteiger partial charge in [-0.25, -0.2) is 0 Å². The molecule has 2 N–H and O–H groups in total. The summed E-state index contributed by atoms with van der Waals surface area (Å²) in [5.74, 6) is 0.469. The predicted octanol–water partition coefficient (Wildman–Crippen LogP) is 2.88. The maximum Gasteiger partial charge on any atom is 0.328 e. The van der Waals surface area contributed by atoms with Gasteiger partial charge in [-0.05, 0) is 6.42 Å². The molecule has 3 atom stereocenters. The Kier molecular flexibility index (Phi) is 9.20. The lowest BCUT2D eigenvalue weighted by Gasteiger charge is -2.41. The molecule has 9 heteroatoms. The highest BCUT2D eigenvalue weighted by atomic mass is 32.1. The van der Waals surface area contributed by atoms with Crippen molar-refractivity contribution < 1.29 is 18.8 Å². The first-order valence-corrected chi connectivity index (χ1v) is 11.3. The summed E-state index contributed by atoms with van der Waals surface area (Å²) >= 11 is 5.24. The number of carbonyl (C=O) groups is 1. The maximum absolute atomic E-state index is 12.1. The first-order chi connectivity index (χ1) is 13.4. The topological polar surface area (TPSA) is 87.3 Å². The van der Waals surface area contributed by atoms with Crippen LogP contribution >= 0.6 is 24.4 Å². The Bertz CT molecular complexity index is 667. The molecule has 0 amide bonds. The third kappa shape index (κ3) is 6.17. The average Bonchev–Trinajstić information content (AvgIpc) is 3.15. The van der Waals surface area contributed by atoms with Gasteiger partial charge in [-0.1, -0.05) is 32.3 Å². The highest BCUT2D eigenvalue weighted by molar-refractivity contribution is 7.80. The van der Waals surface area contributed by atoms with Crippen molar-refractivity contribution in [1.82, 2.24) is 8.75 Å². The van der Waals surface area contributed by atoms with Crippen molar-refractivity contribution >= 4 is 35.9 Å². The molecular weight excluding hydrogens is 396 g/mol. The summed E-state index contributed by atoms with van der Waals surface area (Å²) in [5, 5.41) is 0. The number of esters is 1. The van der Waals surface area contributed by atoms with Gasteiger partial charge in [-0.15, -0.1) is 4.37 Å². The summed E-state index contributed by atoms with van der Waals surface area (Å²) < 4.78 is 20.9. The van der Waals surface area contributed by atoms with Crippen LogP contribution in [-0.4, -0.2) is 64.0 Å². The molecule has 2 unspecified atom stereocenters. The normalized spacial score (nSPS) is 21.7. The van der Waals surface area contributed by atoms with Crippen LogP contribution < -0.4 is 10.5 Å². The van der Waals surface area contributed by atoms with E-state index >= 15 is 0 Å². The van der Waals surface area contributed by atoms with E-state index in [0.717, 1.165) is 30.7 Å². The van der Waals surface area contributed by atoms with Crippen LogP contribution in [-0.2, 0) is 9.53 Å². The van der Waals surface area contributed by atoms with E-state index in [0.29, 0.717) is 23.5 Å². The fourth-order valence-corrected chi connectivity index (χ4v) is 3.85. The van der Waals surface area contributed by atoms with E-state index in [-0.39, 0.29) is 12.0 Å². The number of unbranched alkanes of at least 4 members (excludes halogenated alkanes) is 3. The second kappa shape index (κ2) is 11.1. The van der Waals surface area contributed by atoms with Crippen molar-refractivity contribution in [2.24, 2.45) is 5.73 Å². The number of hydrogen-bond acceptors (Lipinski definition) is 8. The van der Waals surface area contributed by atoms with Crippen LogP contribution in [0, 0.1) is 0 Å². The zero-order valence-corrected chi connectivity index (χ0v) is 18.8. The molecule has 0 radical (unpaired) electrons. The van der Waals surface area contributed by atoms with Crippen molar-refractivity contribution in [3.05, 3.63) is 11.8 Å². The Morgan fingerprint density at radius 1 is 1.39 bits per heavy atom. The smallest absolute Gasteiger partial charge is 0.328 e. The maximum atomic E-state index is 12.1. The number of carbonyl (C=O) groups excluding carboxylic acids is 1. The fourth-order valence-electron chi connectivity index (χ4n) is 3.17. The van der Waals surface area contributed by atoms with Gasteiger partial charge < -0.3 is 15.2 Å². The summed E-state index contributed by atoms with van der Waals surface area (Å²) in [7, 11) is 2.09. The molecule has 28 heavy (non-hydrogen) atoms. The molecule has 2 heterocycles. The minimum atomic E-state index is -0.701. The number of ether oxygens (including phenoxy) is 2. The monoisotopic (exact) mass is 429 g/mol. The van der Waals surface area contributed by atoms with Gasteiger partial charge in [0.2, 0.25) is 6.23 Å². The summed E-state index contributed by atoms with van der Waals surface area (Å²) in [6.07, 6.45) is 7.37. The van der Waals surface area contributed by atoms with Gasteiger partial charge in [-0.2, -0.15) is 17.0 Å². The molecule has 1 aromatic heterocycles. The van der Waals surface area contributed by atoms with Crippen molar-refractivity contribution in [3.8, 4) is 5.88 Å². The lowest BCUT2D eigenvalue weighted by atomic mass is 10.0. The molecule has 1 aliphatic rings. The number of rotatable bonds is 11. The minimum Gasteiger partial charge on any atom is -0.475 e. The molecule has 0 fully saturated rings. The highest BCUT2D eigenvalue weighted by Crippen LogP contribution is 2.31. The average molecular weight is 430 g/mol. The number of thiol groups is 1. The Morgan fingerprint density at radius 3 is 2.89 bits per heavy atom. The molecule has 0 saturated heterocycles. The van der Waals surface area contributed by atoms with Gasteiger partial charge >= 0.3 is 5.97 Å². The Morgan fingerprint density at radius 2 is 2.18 bits per heavy atom. The van der Waals surface area contributed by atoms with E-state index in [1.807, 2.05) is 6.92 Å². The largest absolute Gasteiger partial charge is 0.475 e. The molecule has 158 valence electrons. The molecule has 1 aliphatic heterocycles. The fraction of sp³-hybridized carbons (Fsp3) is 0.737. The van der Waals surface area contributed by atoms with E-state index in [1.165, 1.54) is 31.0 Å². The number of likely N-dealkylation sites (N-methyl/N-ethyl adjacent to an activating group) is 1. The van der Waals surface area contributed by atoms with Crippen molar-refractivity contribution in [2.75, 3.05) is 32.5 Å². The van der Waals surface area contributed by atoms with Gasteiger partial charge in [0.15, 0.2) is 0 Å². The SMILES string of the molecule is CCCCCCOc1nsnc1C1=CCC[N+](C)(C(C)OC(=O)[C@@H](N)CS)C1. The zero-order valence-electron chi connectivity index (χ0n) is 17.1. The number of quaternary nitrogens is 1. The quantitative estimate of drug-likeness (QED) is 0.243. The number of aromatic nitrogens is 2. The molecule has 1 aromatic rings. The zero-order chi connectivity index (χ0) is 20.6. The number of nitrogens with two attached hydrogens (primary N) is 1. The van der Waals surface area contributed by atoms with E-state index in [4.69, 9.17) is 15.2 Å². The number of nitrogens with zero attached hydrogens (tertiary/aromatic N) is 3. The molecule has 0 aliphatic carbocycles. The molecule has 0 spiro atoms. The second-order valence-electron chi connectivity index (χ2n) is 7.53. The highest BCUT2D eigenvalue weighted by Gasteiger charge is 2.37. The Labute approximate surface area is 177 Å². The third-order valence-corrected chi connectivity index (χ3v) is 6.13. The van der Waals surface area contributed by atoms with Gasteiger partial charge in [0.1, 0.15) is 18.3 Å². The Balaban J connectivity index is 2.00. The van der Waals surface area contributed by atoms with Crippen LogP contribution in [0.1, 0.15) is 51.6 Å². The van der Waals surface area contributed by atoms with Crippen LogP contribution in [0.5, 0.6) is 5.88 Å². The Hall–Kier alpha value is -1.16. The van der Waals surface area contributed by atoms with Gasteiger partial charge in [0.25, 0.3) is 5.88 Å². The summed E-state index contributed by atoms with van der Waals surface area (Å²) in [6.45, 7) is 6.34. The first-order valence-electron chi connectivity index (χ1n) is 9.97. The van der Waals surface area contributed by atoms with E-state index in [1.54, 1.807) is 0 Å². The molecule has 7 nitrogen and oxygen atoms in total. The lowest BCUT2D eigenvalue weighted by molar-refractivity contribution is -0.944. The molecule has 0 aromatic carbocycles. The number of hydrogen-bond donors (Lipinski definition) is 2. The lowest BCUT2D eigenvalue weighted by Crippen LogP contribution is -2.56. The van der Waals surface area contributed by atoms with Crippen molar-refractivity contribution in [1.29, 1.82) is 0 Å². The molecule has 0 saturated carbocycles. The van der Waals surface area contributed by atoms with Gasteiger partial charge in [0, 0.05) is 24.7 Å². The summed E-state index contributed by atoms with van der Waals surface area (Å²) in [4.78, 5) is 12.1. The summed E-state index contributed by atoms with van der Waals surface area (Å²) in [6, 6.07) is -0.701. The van der Waals surface area contributed by atoms with Crippen molar-refractivity contribution in [2.45, 2.75) is 58.2 Å². The van der Waals surface area contributed by atoms with Crippen LogP contribution in [0.2, 0.25) is 0 Å². The van der Waals surface area contributed by atoms with E-state index in [9.17, 15) is 4.79 Å². The molecule has 2 rings (SSSR count). The summed E-state index contributed by atoms with van der Waals surface area (Å²) in [5.41, 5.74) is 7.64. The van der Waals surface area contributed by atoms with E-state index < -0.39 is 12.0 Å². The van der Waals surface area contributed by atoms with Crippen LogP contribution in [0.25, 0.3) is 5.57 Å². The van der Waals surface area contributed by atoms with Crippen LogP contribution in [0.3, 0.4) is 0 Å². The van der Waals surface area contributed by atoms with Crippen LogP contribution in [0.15, 0.2) is 6.08 Å².